The molecule has 0 aliphatic carbocycles. The average Bonchev–Trinajstić information content (AvgIpc) is 2.96. The molecule has 0 saturated heterocycles. The van der Waals surface area contributed by atoms with Crippen LogP contribution < -0.4 is 10.2 Å². The molecule has 1 aliphatic rings. The summed E-state index contributed by atoms with van der Waals surface area (Å²) in [5, 5.41) is 3.71. The van der Waals surface area contributed by atoms with Gasteiger partial charge in [0.1, 0.15) is 0 Å². The summed E-state index contributed by atoms with van der Waals surface area (Å²) >= 11 is 5.94. The van der Waals surface area contributed by atoms with Gasteiger partial charge in [-0.25, -0.2) is 4.90 Å². The van der Waals surface area contributed by atoms with Gasteiger partial charge in [-0.3, -0.25) is 9.59 Å². The van der Waals surface area contributed by atoms with Crippen LogP contribution in [-0.4, -0.2) is 18.4 Å². The summed E-state index contributed by atoms with van der Waals surface area (Å²) in [6, 6.07) is 12.3. The molecule has 4 nitrogen and oxygen atoms in total. The Morgan fingerprint density at radius 1 is 1.18 bits per heavy atom. The molecule has 0 bridgehead atoms. The lowest BCUT2D eigenvalue weighted by Crippen LogP contribution is -2.35. The van der Waals surface area contributed by atoms with E-state index in [4.69, 9.17) is 11.6 Å². The van der Waals surface area contributed by atoms with Crippen molar-refractivity contribution < 1.29 is 9.59 Å². The summed E-state index contributed by atoms with van der Waals surface area (Å²) in [6.07, 6.45) is 0.889. The molecule has 2 amide bonds. The van der Waals surface area contributed by atoms with Crippen molar-refractivity contribution in [2.24, 2.45) is 0 Å². The molecule has 1 aliphatic heterocycles. The van der Waals surface area contributed by atoms with Gasteiger partial charge >= 0.3 is 0 Å². The van der Waals surface area contributed by atoms with Crippen LogP contribution in [0, 0.1) is 0 Å². The minimum atomic E-state index is -0.378. The lowest BCUT2D eigenvalue weighted by molar-refractivity contribution is -0.115. The van der Waals surface area contributed by atoms with Crippen LogP contribution in [0.25, 0.3) is 0 Å². The van der Waals surface area contributed by atoms with Crippen molar-refractivity contribution in [3.63, 3.8) is 0 Å². The van der Waals surface area contributed by atoms with Gasteiger partial charge < -0.3 is 5.32 Å². The minimum absolute atomic E-state index is 0.327. The molecule has 3 rings (SSSR count). The van der Waals surface area contributed by atoms with Gasteiger partial charge in [0.25, 0.3) is 5.91 Å². The van der Waals surface area contributed by atoms with E-state index in [-0.39, 0.29) is 11.8 Å². The number of fused-ring (bicyclic) bond motifs is 1. The number of rotatable bonds is 2. The Morgan fingerprint density at radius 2 is 1.95 bits per heavy atom. The predicted octanol–water partition coefficient (Wildman–Crippen LogP) is 3.50. The van der Waals surface area contributed by atoms with E-state index in [9.17, 15) is 9.59 Å². The topological polar surface area (TPSA) is 49.4 Å². The van der Waals surface area contributed by atoms with Gasteiger partial charge in [0.05, 0.1) is 11.4 Å². The molecule has 0 saturated carbocycles. The van der Waals surface area contributed by atoms with Crippen LogP contribution in [-0.2, 0) is 11.2 Å². The van der Waals surface area contributed by atoms with E-state index in [1.807, 2.05) is 12.1 Å². The van der Waals surface area contributed by atoms with Gasteiger partial charge in [0, 0.05) is 24.1 Å². The second-order valence-electron chi connectivity index (χ2n) is 5.16. The normalized spacial score (nSPS) is 12.5. The minimum Gasteiger partial charge on any atom is -0.383 e. The van der Waals surface area contributed by atoms with E-state index in [2.05, 4.69) is 5.32 Å². The van der Waals surface area contributed by atoms with Crippen LogP contribution in [0.2, 0.25) is 5.02 Å². The second kappa shape index (κ2) is 5.81. The maximum atomic E-state index is 12.8. The van der Waals surface area contributed by atoms with Gasteiger partial charge in [-0.2, -0.15) is 0 Å². The highest BCUT2D eigenvalue weighted by atomic mass is 35.5. The highest BCUT2D eigenvalue weighted by molar-refractivity contribution is 6.31. The van der Waals surface area contributed by atoms with Crippen molar-refractivity contribution in [3.05, 3.63) is 58.6 Å². The molecule has 2 aromatic rings. The van der Waals surface area contributed by atoms with E-state index in [0.29, 0.717) is 16.3 Å². The number of halogens is 1. The fraction of sp³-hybridized carbons (Fsp3) is 0.176. The monoisotopic (exact) mass is 314 g/mol. The standard InChI is InChI=1S/C17H15ClN2O2/c1-11(21)20(17(22)13-5-2-6-14(18)10-13)15-7-3-4-12-8-9-19-16(12)15/h2-7,10,19H,8-9H2,1H3. The summed E-state index contributed by atoms with van der Waals surface area (Å²) in [5.41, 5.74) is 2.95. The average molecular weight is 315 g/mol. The molecule has 1 heterocycles. The van der Waals surface area contributed by atoms with Crippen LogP contribution in [0.3, 0.4) is 0 Å². The van der Waals surface area contributed by atoms with Crippen molar-refractivity contribution in [3.8, 4) is 0 Å². The Morgan fingerprint density at radius 3 is 2.68 bits per heavy atom. The van der Waals surface area contributed by atoms with Gasteiger partial charge in [-0.15, -0.1) is 0 Å². The summed E-state index contributed by atoms with van der Waals surface area (Å²) in [6.45, 7) is 2.19. The molecule has 1 N–H and O–H groups in total. The Bertz CT molecular complexity index is 758. The third-order valence-corrected chi connectivity index (χ3v) is 3.89. The number of nitrogens with zero attached hydrogens (tertiary/aromatic N) is 1. The Labute approximate surface area is 133 Å². The van der Waals surface area contributed by atoms with Gasteiger partial charge in [0.2, 0.25) is 5.91 Å². The number of carbonyl (C=O) groups is 2. The molecular formula is C17H15ClN2O2. The number of carbonyl (C=O) groups excluding carboxylic acids is 2. The van der Waals surface area contributed by atoms with Crippen molar-refractivity contribution >= 4 is 34.8 Å². The van der Waals surface area contributed by atoms with E-state index < -0.39 is 0 Å². The lowest BCUT2D eigenvalue weighted by atomic mass is 10.1. The highest BCUT2D eigenvalue weighted by Gasteiger charge is 2.26. The summed E-state index contributed by atoms with van der Waals surface area (Å²) in [5.74, 6) is -0.704. The molecule has 0 spiro atoms. The van der Waals surface area contributed by atoms with Gasteiger partial charge in [0.15, 0.2) is 0 Å². The summed E-state index contributed by atoms with van der Waals surface area (Å²) in [4.78, 5) is 26.0. The van der Waals surface area contributed by atoms with Crippen LogP contribution in [0.15, 0.2) is 42.5 Å². The number of hydrogen-bond acceptors (Lipinski definition) is 3. The predicted molar refractivity (Wildman–Crippen MR) is 87.6 cm³/mol. The van der Waals surface area contributed by atoms with Gasteiger partial charge in [-0.1, -0.05) is 29.8 Å². The quantitative estimate of drug-likeness (QED) is 0.923. The Balaban J connectivity index is 2.06. The zero-order chi connectivity index (χ0) is 15.7. The summed E-state index contributed by atoms with van der Waals surface area (Å²) in [7, 11) is 0. The smallest absolute Gasteiger partial charge is 0.265 e. The zero-order valence-electron chi connectivity index (χ0n) is 12.1. The van der Waals surface area contributed by atoms with Crippen LogP contribution in [0.4, 0.5) is 11.4 Å². The number of amides is 2. The second-order valence-corrected chi connectivity index (χ2v) is 5.59. The molecule has 5 heteroatoms. The van der Waals surface area contributed by atoms with Crippen LogP contribution >= 0.6 is 11.6 Å². The third-order valence-electron chi connectivity index (χ3n) is 3.66. The molecule has 112 valence electrons. The number of para-hydroxylation sites is 1. The fourth-order valence-electron chi connectivity index (χ4n) is 2.68. The number of anilines is 2. The lowest BCUT2D eigenvalue weighted by Gasteiger charge is -2.22. The number of imide groups is 1. The van der Waals surface area contributed by atoms with Crippen molar-refractivity contribution in [2.75, 3.05) is 16.8 Å². The Hall–Kier alpha value is -2.33. The largest absolute Gasteiger partial charge is 0.383 e. The van der Waals surface area contributed by atoms with Crippen molar-refractivity contribution in [2.45, 2.75) is 13.3 Å². The molecule has 0 radical (unpaired) electrons. The first-order valence-corrected chi connectivity index (χ1v) is 7.42. The number of hydrogen-bond donors (Lipinski definition) is 1. The maximum absolute atomic E-state index is 12.8. The molecule has 22 heavy (non-hydrogen) atoms. The molecular weight excluding hydrogens is 300 g/mol. The van der Waals surface area contributed by atoms with Crippen molar-refractivity contribution in [1.29, 1.82) is 0 Å². The molecule has 2 aromatic carbocycles. The zero-order valence-corrected chi connectivity index (χ0v) is 12.9. The van der Waals surface area contributed by atoms with Gasteiger partial charge in [-0.05, 0) is 36.2 Å². The SMILES string of the molecule is CC(=O)N(C(=O)c1cccc(Cl)c1)c1cccc2c1NCC2. The molecule has 0 aromatic heterocycles. The molecule has 0 fully saturated rings. The summed E-state index contributed by atoms with van der Waals surface area (Å²) < 4.78 is 0. The van der Waals surface area contributed by atoms with Crippen LogP contribution in [0.5, 0.6) is 0 Å². The number of benzene rings is 2. The van der Waals surface area contributed by atoms with E-state index in [0.717, 1.165) is 24.2 Å². The van der Waals surface area contributed by atoms with E-state index >= 15 is 0 Å². The third kappa shape index (κ3) is 2.57. The van der Waals surface area contributed by atoms with Crippen LogP contribution in [0.1, 0.15) is 22.8 Å². The first-order valence-electron chi connectivity index (χ1n) is 7.04. The van der Waals surface area contributed by atoms with E-state index in [1.165, 1.54) is 11.8 Å². The first-order chi connectivity index (χ1) is 10.6. The fourth-order valence-corrected chi connectivity index (χ4v) is 2.87. The first kappa shape index (κ1) is 14.6. The van der Waals surface area contributed by atoms with Crippen molar-refractivity contribution in [1.82, 2.24) is 0 Å². The highest BCUT2D eigenvalue weighted by Crippen LogP contribution is 2.34. The van der Waals surface area contributed by atoms with E-state index in [1.54, 1.807) is 30.3 Å². The Kier molecular flexibility index (Phi) is 3.86. The molecule has 0 unspecified atom stereocenters. The maximum Gasteiger partial charge on any atom is 0.265 e. The number of nitrogens with one attached hydrogen (secondary N) is 1. The molecule has 0 atom stereocenters.